The number of hydrogen-bond acceptors (Lipinski definition) is 0. The molecule has 13 heavy (non-hydrogen) atoms. The summed E-state index contributed by atoms with van der Waals surface area (Å²) in [5.74, 6) is 0. The Morgan fingerprint density at radius 2 is 1.69 bits per heavy atom. The van der Waals surface area contributed by atoms with Gasteiger partial charge in [-0.25, -0.2) is 0 Å². The predicted molar refractivity (Wildman–Crippen MR) is 69.6 cm³/mol. The summed E-state index contributed by atoms with van der Waals surface area (Å²) in [5, 5.41) is 0. The fourth-order valence-corrected chi connectivity index (χ4v) is 2.06. The van der Waals surface area contributed by atoms with Crippen molar-refractivity contribution >= 4 is 53.4 Å². The minimum Gasteiger partial charge on any atom is -0.0622 e. The van der Waals surface area contributed by atoms with Crippen LogP contribution in [0.4, 0.5) is 0 Å². The van der Waals surface area contributed by atoms with Crippen molar-refractivity contribution in [2.45, 2.75) is 9.07 Å². The zero-order valence-corrected chi connectivity index (χ0v) is 11.9. The van der Waals surface area contributed by atoms with Crippen LogP contribution in [0.25, 0.3) is 5.57 Å². The lowest BCUT2D eigenvalue weighted by atomic mass is 10.1. The van der Waals surface area contributed by atoms with E-state index in [-0.39, 0.29) is 2.14 Å². The molecule has 0 spiro atoms. The smallest absolute Gasteiger partial charge is 0.0622 e. The standard InChI is InChI=1S/C10H9Br3/c1-8(7-10(11,12)13)9-5-3-2-4-6-9/h2-7H,1H3. The van der Waals surface area contributed by atoms with Crippen LogP contribution in [-0.4, -0.2) is 2.14 Å². The zero-order valence-electron chi connectivity index (χ0n) is 7.10. The molecule has 0 atom stereocenters. The van der Waals surface area contributed by atoms with E-state index in [0.29, 0.717) is 0 Å². The maximum Gasteiger partial charge on any atom is 0.153 e. The van der Waals surface area contributed by atoms with Crippen molar-refractivity contribution < 1.29 is 0 Å². The van der Waals surface area contributed by atoms with Gasteiger partial charge in [-0.1, -0.05) is 78.1 Å². The Hall–Kier alpha value is 0.400. The molecule has 0 N–H and O–H groups in total. The summed E-state index contributed by atoms with van der Waals surface area (Å²) in [7, 11) is 0. The van der Waals surface area contributed by atoms with E-state index in [1.165, 1.54) is 11.1 Å². The minimum atomic E-state index is -0.299. The summed E-state index contributed by atoms with van der Waals surface area (Å²) >= 11 is 10.3. The van der Waals surface area contributed by atoms with Crippen molar-refractivity contribution in [3.63, 3.8) is 0 Å². The van der Waals surface area contributed by atoms with E-state index in [1.54, 1.807) is 0 Å². The van der Waals surface area contributed by atoms with Crippen molar-refractivity contribution in [2.24, 2.45) is 0 Å². The molecule has 0 saturated carbocycles. The second-order valence-electron chi connectivity index (χ2n) is 2.73. The summed E-state index contributed by atoms with van der Waals surface area (Å²) in [6.07, 6.45) is 2.06. The number of halogens is 3. The van der Waals surface area contributed by atoms with Gasteiger partial charge in [0.2, 0.25) is 0 Å². The van der Waals surface area contributed by atoms with E-state index in [9.17, 15) is 0 Å². The van der Waals surface area contributed by atoms with Crippen molar-refractivity contribution in [1.82, 2.24) is 0 Å². The Morgan fingerprint density at radius 1 is 1.15 bits per heavy atom. The molecule has 3 heteroatoms. The van der Waals surface area contributed by atoms with Gasteiger partial charge >= 0.3 is 0 Å². The number of allylic oxidation sites excluding steroid dienone is 2. The molecule has 0 fully saturated rings. The molecule has 0 heterocycles. The third-order valence-electron chi connectivity index (χ3n) is 1.61. The zero-order chi connectivity index (χ0) is 9.90. The Bertz CT molecular complexity index is 296. The second kappa shape index (κ2) is 4.76. The lowest BCUT2D eigenvalue weighted by Crippen LogP contribution is -1.93. The van der Waals surface area contributed by atoms with E-state index in [1.807, 2.05) is 18.2 Å². The molecule has 0 aliphatic heterocycles. The maximum absolute atomic E-state index is 3.43. The van der Waals surface area contributed by atoms with Crippen LogP contribution >= 0.6 is 47.8 Å². The molecule has 0 unspecified atom stereocenters. The van der Waals surface area contributed by atoms with E-state index in [4.69, 9.17) is 0 Å². The average Bonchev–Trinajstić information content (AvgIpc) is 2.03. The van der Waals surface area contributed by atoms with Crippen LogP contribution in [0.3, 0.4) is 0 Å². The molecule has 1 rings (SSSR count). The summed E-state index contributed by atoms with van der Waals surface area (Å²) in [6, 6.07) is 10.3. The molecule has 0 bridgehead atoms. The SMILES string of the molecule is CC(=CC(Br)(Br)Br)c1ccccc1. The van der Waals surface area contributed by atoms with Gasteiger partial charge < -0.3 is 0 Å². The molecule has 0 amide bonds. The van der Waals surface area contributed by atoms with Crippen molar-refractivity contribution in [2.75, 3.05) is 0 Å². The highest BCUT2D eigenvalue weighted by atomic mass is 80.0. The number of rotatable bonds is 1. The minimum absolute atomic E-state index is 0.299. The van der Waals surface area contributed by atoms with Gasteiger partial charge in [-0.2, -0.15) is 0 Å². The Balaban J connectivity index is 2.92. The monoisotopic (exact) mass is 366 g/mol. The van der Waals surface area contributed by atoms with Crippen LogP contribution in [-0.2, 0) is 0 Å². The van der Waals surface area contributed by atoms with E-state index in [2.05, 4.69) is 72.9 Å². The third kappa shape index (κ3) is 4.43. The van der Waals surface area contributed by atoms with Crippen molar-refractivity contribution in [3.05, 3.63) is 42.0 Å². The third-order valence-corrected chi connectivity index (χ3v) is 2.30. The van der Waals surface area contributed by atoms with Crippen molar-refractivity contribution in [3.8, 4) is 0 Å². The second-order valence-corrected chi connectivity index (χ2v) is 9.68. The van der Waals surface area contributed by atoms with Crippen LogP contribution in [0.5, 0.6) is 0 Å². The normalized spacial score (nSPS) is 13.1. The molecular weight excluding hydrogens is 360 g/mol. The first-order chi connectivity index (χ1) is 5.99. The quantitative estimate of drug-likeness (QED) is 0.617. The molecule has 0 aliphatic carbocycles. The first-order valence-electron chi connectivity index (χ1n) is 3.80. The molecule has 0 aliphatic rings. The van der Waals surface area contributed by atoms with Gasteiger partial charge in [-0.3, -0.25) is 0 Å². The summed E-state index contributed by atoms with van der Waals surface area (Å²) in [6.45, 7) is 2.08. The summed E-state index contributed by atoms with van der Waals surface area (Å²) in [5.41, 5.74) is 2.44. The van der Waals surface area contributed by atoms with Crippen LogP contribution < -0.4 is 0 Å². The van der Waals surface area contributed by atoms with E-state index >= 15 is 0 Å². The highest BCUT2D eigenvalue weighted by Crippen LogP contribution is 2.37. The largest absolute Gasteiger partial charge is 0.153 e. The molecule has 1 aromatic carbocycles. The van der Waals surface area contributed by atoms with Gasteiger partial charge in [-0.15, -0.1) is 0 Å². The summed E-state index contributed by atoms with van der Waals surface area (Å²) in [4.78, 5) is 0. The Labute approximate surface area is 104 Å². The van der Waals surface area contributed by atoms with Crippen LogP contribution in [0.1, 0.15) is 12.5 Å². The fourth-order valence-electron chi connectivity index (χ4n) is 1.03. The van der Waals surface area contributed by atoms with Crippen molar-refractivity contribution in [1.29, 1.82) is 0 Å². The van der Waals surface area contributed by atoms with Gasteiger partial charge in [0, 0.05) is 0 Å². The van der Waals surface area contributed by atoms with Gasteiger partial charge in [0.25, 0.3) is 0 Å². The first-order valence-corrected chi connectivity index (χ1v) is 6.18. The molecule has 0 saturated heterocycles. The molecule has 1 aromatic rings. The Kier molecular flexibility index (Phi) is 4.20. The van der Waals surface area contributed by atoms with Gasteiger partial charge in [0.15, 0.2) is 2.14 Å². The van der Waals surface area contributed by atoms with Gasteiger partial charge in [0.05, 0.1) is 0 Å². The first kappa shape index (κ1) is 11.5. The maximum atomic E-state index is 3.43. The molecule has 0 nitrogen and oxygen atoms in total. The predicted octanol–water partition coefficient (Wildman–Crippen LogP) is 4.93. The Morgan fingerprint density at radius 3 is 2.15 bits per heavy atom. The molecular formula is C10H9Br3. The molecule has 0 radical (unpaired) electrons. The molecule has 70 valence electrons. The number of alkyl halides is 3. The van der Waals surface area contributed by atoms with E-state index in [0.717, 1.165) is 0 Å². The number of hydrogen-bond donors (Lipinski definition) is 0. The van der Waals surface area contributed by atoms with Crippen LogP contribution in [0.2, 0.25) is 0 Å². The van der Waals surface area contributed by atoms with E-state index < -0.39 is 0 Å². The topological polar surface area (TPSA) is 0 Å². The fraction of sp³-hybridized carbons (Fsp3) is 0.200. The molecule has 0 aromatic heterocycles. The lowest BCUT2D eigenvalue weighted by molar-refractivity contribution is 1.52. The van der Waals surface area contributed by atoms with Gasteiger partial charge in [-0.05, 0) is 24.1 Å². The van der Waals surface area contributed by atoms with Crippen LogP contribution in [0.15, 0.2) is 36.4 Å². The highest BCUT2D eigenvalue weighted by Gasteiger charge is 2.13. The average molecular weight is 369 g/mol. The van der Waals surface area contributed by atoms with Crippen LogP contribution in [0, 0.1) is 0 Å². The summed E-state index contributed by atoms with van der Waals surface area (Å²) < 4.78 is -0.299. The van der Waals surface area contributed by atoms with Gasteiger partial charge in [0.1, 0.15) is 0 Å². The highest BCUT2D eigenvalue weighted by molar-refractivity contribution is 9.39. The number of benzene rings is 1. The lowest BCUT2D eigenvalue weighted by Gasteiger charge is -2.08.